The van der Waals surface area contributed by atoms with Crippen molar-refractivity contribution < 1.29 is 0 Å². The molecule has 0 N–H and O–H groups in total. The molecule has 11 aromatic rings. The molecule has 0 unspecified atom stereocenters. The van der Waals surface area contributed by atoms with Crippen LogP contribution >= 0.6 is 0 Å². The molecule has 0 atom stereocenters. The van der Waals surface area contributed by atoms with Gasteiger partial charge in [-0.05, 0) is 98.1 Å². The molecule has 11 rings (SSSR count). The van der Waals surface area contributed by atoms with Gasteiger partial charge in [0.15, 0.2) is 0 Å². The molecule has 58 heavy (non-hydrogen) atoms. The quantitative estimate of drug-likeness (QED) is 0.158. The van der Waals surface area contributed by atoms with Crippen molar-refractivity contribution in [1.82, 2.24) is 4.57 Å². The van der Waals surface area contributed by atoms with Crippen LogP contribution in [-0.2, 0) is 0 Å². The van der Waals surface area contributed by atoms with Gasteiger partial charge in [-0.1, -0.05) is 182 Å². The van der Waals surface area contributed by atoms with Crippen LogP contribution < -0.4 is 4.90 Å². The summed E-state index contributed by atoms with van der Waals surface area (Å²) in [4.78, 5) is 2.45. The highest BCUT2D eigenvalue weighted by atomic mass is 15.1. The third kappa shape index (κ3) is 5.74. The third-order valence-electron chi connectivity index (χ3n) is 11.6. The van der Waals surface area contributed by atoms with Crippen molar-refractivity contribution in [2.75, 3.05) is 4.90 Å². The van der Waals surface area contributed by atoms with Gasteiger partial charge in [0.2, 0.25) is 0 Å². The van der Waals surface area contributed by atoms with Crippen molar-refractivity contribution in [3.63, 3.8) is 0 Å². The SMILES string of the molecule is c1ccc(-c2ccc(N(c3cc(-c4ccccc4)cc(-n4c5ccccc5c5ccccc54)c3)c3ccc(-c4cccc5ccccc45)c4ccccc34)cc2)cc1. The van der Waals surface area contributed by atoms with E-state index in [1.807, 2.05) is 0 Å². The Balaban J connectivity index is 1.19. The zero-order valence-corrected chi connectivity index (χ0v) is 31.8. The van der Waals surface area contributed by atoms with Crippen molar-refractivity contribution in [2.45, 2.75) is 0 Å². The number of aromatic nitrogens is 1. The second-order valence-electron chi connectivity index (χ2n) is 14.9. The van der Waals surface area contributed by atoms with E-state index in [0.29, 0.717) is 0 Å². The number of nitrogens with zero attached hydrogens (tertiary/aromatic N) is 2. The van der Waals surface area contributed by atoms with E-state index in [-0.39, 0.29) is 0 Å². The van der Waals surface area contributed by atoms with Gasteiger partial charge in [0.1, 0.15) is 0 Å². The van der Waals surface area contributed by atoms with Crippen molar-refractivity contribution >= 4 is 60.4 Å². The van der Waals surface area contributed by atoms with Crippen LogP contribution in [0.1, 0.15) is 0 Å². The first-order chi connectivity index (χ1) is 28.8. The van der Waals surface area contributed by atoms with Crippen LogP contribution in [0.4, 0.5) is 17.1 Å². The standard InChI is InChI=1S/C56H38N2/c1-3-16-39(17-4-1)41-30-32-44(33-31-41)57(56-35-34-50(49-23-9-10-24-51(49)56)48-27-15-21-42-20-7-8-22-47(42)48)45-36-43(40-18-5-2-6-19-40)37-46(38-45)58-54-28-13-11-25-52(54)53-26-12-14-29-55(53)58/h1-38H. The average Bonchev–Trinajstić information content (AvgIpc) is 3.64. The smallest absolute Gasteiger partial charge is 0.0541 e. The normalized spacial score (nSPS) is 11.4. The molecule has 2 nitrogen and oxygen atoms in total. The number of rotatable bonds is 7. The van der Waals surface area contributed by atoms with Gasteiger partial charge in [0.05, 0.1) is 16.7 Å². The van der Waals surface area contributed by atoms with Gasteiger partial charge in [-0.25, -0.2) is 0 Å². The summed E-state index contributed by atoms with van der Waals surface area (Å²) in [5.74, 6) is 0. The van der Waals surface area contributed by atoms with E-state index < -0.39 is 0 Å². The molecular weight excluding hydrogens is 701 g/mol. The molecular formula is C56H38N2. The Bertz CT molecular complexity index is 3210. The van der Waals surface area contributed by atoms with Gasteiger partial charge in [0, 0.05) is 33.2 Å². The lowest BCUT2D eigenvalue weighted by molar-refractivity contribution is 1.17. The first-order valence-corrected chi connectivity index (χ1v) is 19.9. The lowest BCUT2D eigenvalue weighted by Crippen LogP contribution is -2.12. The van der Waals surface area contributed by atoms with Crippen molar-refractivity contribution in [1.29, 1.82) is 0 Å². The molecule has 2 heteroatoms. The van der Waals surface area contributed by atoms with Crippen molar-refractivity contribution in [3.05, 3.63) is 231 Å². The summed E-state index contributed by atoms with van der Waals surface area (Å²) in [7, 11) is 0. The fourth-order valence-electron chi connectivity index (χ4n) is 8.89. The van der Waals surface area contributed by atoms with E-state index in [9.17, 15) is 0 Å². The van der Waals surface area contributed by atoms with Gasteiger partial charge >= 0.3 is 0 Å². The summed E-state index contributed by atoms with van der Waals surface area (Å²) in [6, 6.07) is 83.8. The van der Waals surface area contributed by atoms with Crippen LogP contribution in [0.25, 0.3) is 82.4 Å². The van der Waals surface area contributed by atoms with E-state index in [1.165, 1.54) is 71.2 Å². The Kier molecular flexibility index (Phi) is 8.19. The molecule has 0 amide bonds. The lowest BCUT2D eigenvalue weighted by atomic mass is 9.92. The molecule has 0 aliphatic heterocycles. The predicted octanol–water partition coefficient (Wildman–Crippen LogP) is 15.6. The molecule has 0 spiro atoms. The number of anilines is 3. The van der Waals surface area contributed by atoms with E-state index in [0.717, 1.165) is 28.3 Å². The maximum absolute atomic E-state index is 2.45. The number of para-hydroxylation sites is 2. The maximum atomic E-state index is 2.45. The van der Waals surface area contributed by atoms with Gasteiger partial charge in [-0.3, -0.25) is 0 Å². The largest absolute Gasteiger partial charge is 0.310 e. The highest BCUT2D eigenvalue weighted by Gasteiger charge is 2.21. The van der Waals surface area contributed by atoms with Crippen LogP contribution in [0.2, 0.25) is 0 Å². The molecule has 0 saturated carbocycles. The maximum Gasteiger partial charge on any atom is 0.0541 e. The Morgan fingerprint density at radius 3 is 1.50 bits per heavy atom. The monoisotopic (exact) mass is 738 g/mol. The van der Waals surface area contributed by atoms with Crippen LogP contribution in [0.3, 0.4) is 0 Å². The minimum Gasteiger partial charge on any atom is -0.310 e. The fraction of sp³-hybridized carbons (Fsp3) is 0. The number of benzene rings is 10. The summed E-state index contributed by atoms with van der Waals surface area (Å²) in [6.07, 6.45) is 0. The third-order valence-corrected chi connectivity index (χ3v) is 11.6. The van der Waals surface area contributed by atoms with E-state index in [2.05, 4.69) is 240 Å². The lowest BCUT2D eigenvalue weighted by Gasteiger charge is -2.29. The Hall–Kier alpha value is -7.68. The number of fused-ring (bicyclic) bond motifs is 5. The molecule has 0 fully saturated rings. The highest BCUT2D eigenvalue weighted by molar-refractivity contribution is 6.11. The molecule has 1 heterocycles. The van der Waals surface area contributed by atoms with Gasteiger partial charge in [0.25, 0.3) is 0 Å². The molecule has 272 valence electrons. The zero-order chi connectivity index (χ0) is 38.4. The minimum absolute atomic E-state index is 1.08. The summed E-state index contributed by atoms with van der Waals surface area (Å²) < 4.78 is 2.43. The highest BCUT2D eigenvalue weighted by Crippen LogP contribution is 2.45. The number of hydrogen-bond acceptors (Lipinski definition) is 1. The molecule has 0 radical (unpaired) electrons. The summed E-state index contributed by atoms with van der Waals surface area (Å²) in [5.41, 5.74) is 13.9. The van der Waals surface area contributed by atoms with Crippen LogP contribution in [0.15, 0.2) is 231 Å². The molecule has 1 aromatic heterocycles. The predicted molar refractivity (Wildman–Crippen MR) is 247 cm³/mol. The minimum atomic E-state index is 1.08. The van der Waals surface area contributed by atoms with Gasteiger partial charge in [-0.15, -0.1) is 0 Å². The average molecular weight is 739 g/mol. The second-order valence-corrected chi connectivity index (χ2v) is 14.9. The van der Waals surface area contributed by atoms with Crippen molar-refractivity contribution in [2.24, 2.45) is 0 Å². The topological polar surface area (TPSA) is 8.17 Å². The summed E-state index contributed by atoms with van der Waals surface area (Å²) in [5, 5.41) is 7.38. The summed E-state index contributed by atoms with van der Waals surface area (Å²) >= 11 is 0. The zero-order valence-electron chi connectivity index (χ0n) is 31.8. The van der Waals surface area contributed by atoms with E-state index >= 15 is 0 Å². The first-order valence-electron chi connectivity index (χ1n) is 19.9. The Morgan fingerprint density at radius 1 is 0.293 bits per heavy atom. The van der Waals surface area contributed by atoms with Gasteiger partial charge in [-0.2, -0.15) is 0 Å². The fourth-order valence-corrected chi connectivity index (χ4v) is 8.89. The second kappa shape index (κ2) is 14.1. The molecule has 0 aliphatic carbocycles. The van der Waals surface area contributed by atoms with Crippen molar-refractivity contribution in [3.8, 4) is 39.1 Å². The molecule has 0 saturated heterocycles. The Morgan fingerprint density at radius 2 is 0.810 bits per heavy atom. The molecule has 0 aliphatic rings. The molecule has 10 aromatic carbocycles. The van der Waals surface area contributed by atoms with Crippen LogP contribution in [-0.4, -0.2) is 4.57 Å². The summed E-state index contributed by atoms with van der Waals surface area (Å²) in [6.45, 7) is 0. The van der Waals surface area contributed by atoms with E-state index in [4.69, 9.17) is 0 Å². The van der Waals surface area contributed by atoms with Crippen LogP contribution in [0, 0.1) is 0 Å². The number of hydrogen-bond donors (Lipinski definition) is 0. The molecule has 0 bridgehead atoms. The van der Waals surface area contributed by atoms with Gasteiger partial charge < -0.3 is 9.47 Å². The van der Waals surface area contributed by atoms with E-state index in [1.54, 1.807) is 0 Å². The first kappa shape index (κ1) is 33.6. The Labute approximate surface area is 338 Å². The van der Waals surface area contributed by atoms with Crippen LogP contribution in [0.5, 0.6) is 0 Å².